The maximum absolute atomic E-state index is 11.9. The van der Waals surface area contributed by atoms with Crippen LogP contribution in [0.5, 0.6) is 0 Å². The van der Waals surface area contributed by atoms with E-state index in [1.165, 1.54) is 0 Å². The van der Waals surface area contributed by atoms with Gasteiger partial charge in [0.25, 0.3) is 5.82 Å². The monoisotopic (exact) mass is 180 g/mol. The van der Waals surface area contributed by atoms with E-state index in [2.05, 4.69) is 10.1 Å². The third kappa shape index (κ3) is 1.49. The molecule has 0 bridgehead atoms. The molecule has 0 unspecified atom stereocenters. The van der Waals surface area contributed by atoms with Gasteiger partial charge in [0.2, 0.25) is 5.95 Å². The molecule has 0 amide bonds. The van der Waals surface area contributed by atoms with Gasteiger partial charge in [0.05, 0.1) is 0 Å². The zero-order chi connectivity index (χ0) is 9.35. The van der Waals surface area contributed by atoms with E-state index in [1.807, 2.05) is 0 Å². The fourth-order valence-corrected chi connectivity index (χ4v) is 0.707. The predicted octanol–water partition coefficient (Wildman–Crippen LogP) is 0.899. The summed E-state index contributed by atoms with van der Waals surface area (Å²) < 4.78 is 36.8. The molecule has 0 aliphatic heterocycles. The van der Waals surface area contributed by atoms with Crippen molar-refractivity contribution in [2.75, 3.05) is 5.73 Å². The van der Waals surface area contributed by atoms with E-state index in [9.17, 15) is 13.2 Å². The van der Waals surface area contributed by atoms with Crippen LogP contribution in [0, 0.1) is 0 Å². The highest BCUT2D eigenvalue weighted by molar-refractivity contribution is 5.16. The molecule has 0 saturated heterocycles. The average Bonchev–Trinajstić information content (AvgIpc) is 2.29. The molecular formula is C5H7F3N4. The highest BCUT2D eigenvalue weighted by Gasteiger charge is 2.36. The molecule has 1 heterocycles. The Bertz CT molecular complexity index is 277. The predicted molar refractivity (Wildman–Crippen MR) is 35.1 cm³/mol. The van der Waals surface area contributed by atoms with E-state index in [0.717, 1.165) is 4.68 Å². The second-order valence-corrected chi connectivity index (χ2v) is 2.11. The van der Waals surface area contributed by atoms with Crippen molar-refractivity contribution in [1.82, 2.24) is 14.8 Å². The van der Waals surface area contributed by atoms with Crippen LogP contribution >= 0.6 is 0 Å². The van der Waals surface area contributed by atoms with Crippen molar-refractivity contribution in [2.24, 2.45) is 0 Å². The van der Waals surface area contributed by atoms with E-state index in [4.69, 9.17) is 5.73 Å². The molecule has 0 atom stereocenters. The standard InChI is InChI=1S/C5H7F3N4/c1-2-12-4(9)10-3(11-12)5(6,7)8/h2H2,1H3,(H2,9,10,11). The van der Waals surface area contributed by atoms with Crippen molar-refractivity contribution in [3.8, 4) is 0 Å². The van der Waals surface area contributed by atoms with Gasteiger partial charge in [0.1, 0.15) is 0 Å². The molecule has 12 heavy (non-hydrogen) atoms. The van der Waals surface area contributed by atoms with E-state index in [1.54, 1.807) is 6.92 Å². The third-order valence-electron chi connectivity index (χ3n) is 1.25. The van der Waals surface area contributed by atoms with Crippen molar-refractivity contribution in [1.29, 1.82) is 0 Å². The summed E-state index contributed by atoms with van der Waals surface area (Å²) in [4.78, 5) is 3.06. The minimum atomic E-state index is -4.52. The van der Waals surface area contributed by atoms with Crippen LogP contribution in [0.25, 0.3) is 0 Å². The Balaban J connectivity index is 3.05. The van der Waals surface area contributed by atoms with Gasteiger partial charge in [-0.1, -0.05) is 0 Å². The largest absolute Gasteiger partial charge is 0.453 e. The van der Waals surface area contributed by atoms with Gasteiger partial charge in [-0.25, -0.2) is 4.68 Å². The molecule has 1 aromatic heterocycles. The minimum absolute atomic E-state index is 0.218. The summed E-state index contributed by atoms with van der Waals surface area (Å²) in [7, 11) is 0. The molecule has 1 rings (SSSR count). The lowest BCUT2D eigenvalue weighted by Gasteiger charge is -1.97. The fourth-order valence-electron chi connectivity index (χ4n) is 0.707. The quantitative estimate of drug-likeness (QED) is 0.698. The molecule has 7 heteroatoms. The Morgan fingerprint density at radius 1 is 1.50 bits per heavy atom. The summed E-state index contributed by atoms with van der Waals surface area (Å²) in [6.07, 6.45) is -4.52. The Hall–Kier alpha value is -1.27. The first-order chi connectivity index (χ1) is 5.45. The van der Waals surface area contributed by atoms with Crippen molar-refractivity contribution >= 4 is 5.95 Å². The van der Waals surface area contributed by atoms with Gasteiger partial charge in [-0.15, -0.1) is 5.10 Å². The Morgan fingerprint density at radius 3 is 2.33 bits per heavy atom. The van der Waals surface area contributed by atoms with Crippen LogP contribution in [0.1, 0.15) is 12.7 Å². The van der Waals surface area contributed by atoms with Crippen molar-refractivity contribution < 1.29 is 13.2 Å². The second-order valence-electron chi connectivity index (χ2n) is 2.11. The number of alkyl halides is 3. The SMILES string of the molecule is CCn1nc(C(F)(F)F)nc1N. The number of nitrogens with zero attached hydrogens (tertiary/aromatic N) is 3. The number of nitrogen functional groups attached to an aromatic ring is 1. The summed E-state index contributed by atoms with van der Waals surface area (Å²) in [5.41, 5.74) is 5.14. The summed E-state index contributed by atoms with van der Waals surface area (Å²) >= 11 is 0. The van der Waals surface area contributed by atoms with Gasteiger partial charge in [0, 0.05) is 6.54 Å². The maximum Gasteiger partial charge on any atom is 0.453 e. The number of rotatable bonds is 1. The molecule has 0 saturated carbocycles. The molecule has 0 radical (unpaired) electrons. The van der Waals surface area contributed by atoms with Crippen molar-refractivity contribution in [3.63, 3.8) is 0 Å². The molecule has 0 aliphatic rings. The summed E-state index contributed by atoms with van der Waals surface area (Å²) in [5, 5.41) is 3.16. The van der Waals surface area contributed by atoms with Crippen LogP contribution in [0.15, 0.2) is 0 Å². The number of halogens is 3. The van der Waals surface area contributed by atoms with Gasteiger partial charge in [-0.05, 0) is 6.92 Å². The number of nitrogens with two attached hydrogens (primary N) is 1. The normalized spacial score (nSPS) is 12.0. The van der Waals surface area contributed by atoms with Crippen LogP contribution in [0.3, 0.4) is 0 Å². The first-order valence-electron chi connectivity index (χ1n) is 3.22. The average molecular weight is 180 g/mol. The lowest BCUT2D eigenvalue weighted by atomic mass is 10.6. The van der Waals surface area contributed by atoms with Crippen LogP contribution < -0.4 is 5.73 Å². The number of aromatic nitrogens is 3. The summed E-state index contributed by atoms with van der Waals surface area (Å²) in [6.45, 7) is 1.90. The van der Waals surface area contributed by atoms with Gasteiger partial charge in [0.15, 0.2) is 0 Å². The molecule has 0 fully saturated rings. The molecule has 68 valence electrons. The van der Waals surface area contributed by atoms with Gasteiger partial charge in [-0.3, -0.25) is 0 Å². The van der Waals surface area contributed by atoms with Gasteiger partial charge in [-0.2, -0.15) is 18.2 Å². The van der Waals surface area contributed by atoms with Crippen LogP contribution in [-0.2, 0) is 12.7 Å². The molecule has 2 N–H and O–H groups in total. The molecule has 0 aliphatic carbocycles. The smallest absolute Gasteiger partial charge is 0.368 e. The Labute approximate surface area is 66.2 Å². The topological polar surface area (TPSA) is 56.7 Å². The highest BCUT2D eigenvalue weighted by atomic mass is 19.4. The molecule has 1 aromatic rings. The van der Waals surface area contributed by atoms with Crippen LogP contribution in [0.4, 0.5) is 19.1 Å². The lowest BCUT2D eigenvalue weighted by molar-refractivity contribution is -0.144. The Kier molecular flexibility index (Phi) is 1.95. The number of anilines is 1. The first kappa shape index (κ1) is 8.82. The second kappa shape index (κ2) is 2.65. The van der Waals surface area contributed by atoms with E-state index >= 15 is 0 Å². The van der Waals surface area contributed by atoms with Gasteiger partial charge < -0.3 is 5.73 Å². The lowest BCUT2D eigenvalue weighted by Crippen LogP contribution is -2.08. The van der Waals surface area contributed by atoms with Crippen LogP contribution in [0.2, 0.25) is 0 Å². The van der Waals surface area contributed by atoms with E-state index < -0.39 is 12.0 Å². The zero-order valence-electron chi connectivity index (χ0n) is 6.26. The minimum Gasteiger partial charge on any atom is -0.368 e. The van der Waals surface area contributed by atoms with Crippen molar-refractivity contribution in [2.45, 2.75) is 19.6 Å². The molecule has 4 nitrogen and oxygen atoms in total. The van der Waals surface area contributed by atoms with Crippen LogP contribution in [-0.4, -0.2) is 14.8 Å². The van der Waals surface area contributed by atoms with Crippen molar-refractivity contribution in [3.05, 3.63) is 5.82 Å². The van der Waals surface area contributed by atoms with E-state index in [-0.39, 0.29) is 12.5 Å². The fraction of sp³-hybridized carbons (Fsp3) is 0.600. The summed E-state index contributed by atoms with van der Waals surface area (Å²) in [6, 6.07) is 0. The zero-order valence-corrected chi connectivity index (χ0v) is 6.26. The highest BCUT2D eigenvalue weighted by Crippen LogP contribution is 2.26. The number of aryl methyl sites for hydroxylation is 1. The maximum atomic E-state index is 11.9. The van der Waals surface area contributed by atoms with Gasteiger partial charge >= 0.3 is 6.18 Å². The first-order valence-corrected chi connectivity index (χ1v) is 3.22. The molecule has 0 aromatic carbocycles. The van der Waals surface area contributed by atoms with E-state index in [0.29, 0.717) is 0 Å². The molecule has 0 spiro atoms. The third-order valence-corrected chi connectivity index (χ3v) is 1.25. The number of hydrogen-bond donors (Lipinski definition) is 1. The number of hydrogen-bond acceptors (Lipinski definition) is 3. The molecular weight excluding hydrogens is 173 g/mol. The summed E-state index contributed by atoms with van der Waals surface area (Å²) in [5.74, 6) is -1.41. The Morgan fingerprint density at radius 2 is 2.08 bits per heavy atom.